The third kappa shape index (κ3) is 2.95. The summed E-state index contributed by atoms with van der Waals surface area (Å²) in [7, 11) is 1.61. The highest BCUT2D eigenvalue weighted by atomic mass is 16.1. The molecule has 0 unspecified atom stereocenters. The van der Waals surface area contributed by atoms with Crippen molar-refractivity contribution in [3.8, 4) is 0 Å². The predicted octanol–water partition coefficient (Wildman–Crippen LogP) is 0.816. The van der Waals surface area contributed by atoms with E-state index in [4.69, 9.17) is 5.41 Å². The molecule has 0 fully saturated rings. The molecule has 0 amide bonds. The lowest BCUT2D eigenvalue weighted by Gasteiger charge is -2.08. The van der Waals surface area contributed by atoms with E-state index in [1.54, 1.807) is 19.4 Å². The highest BCUT2D eigenvalue weighted by Gasteiger charge is 2.07. The average molecular weight is 258 g/mol. The van der Waals surface area contributed by atoms with Gasteiger partial charge >= 0.3 is 0 Å². The van der Waals surface area contributed by atoms with Crippen LogP contribution in [0.3, 0.4) is 0 Å². The van der Waals surface area contributed by atoms with Crippen LogP contribution >= 0.6 is 0 Å². The number of hydrogen-bond acceptors (Lipinski definition) is 6. The van der Waals surface area contributed by atoms with Crippen molar-refractivity contribution in [2.75, 3.05) is 17.7 Å². The standard InChI is InChI=1S/C12H14N6O/c1-14-10-9(5-13)17-12(18-11(10)19)16-7-8-3-2-4-15-6-8/h2-6,13-14H,7H2,1H3,(H2,16,17,18,19). The molecule has 0 saturated carbocycles. The fourth-order valence-electron chi connectivity index (χ4n) is 1.61. The Kier molecular flexibility index (Phi) is 3.87. The zero-order valence-corrected chi connectivity index (χ0v) is 10.4. The van der Waals surface area contributed by atoms with Crippen LogP contribution in [-0.2, 0) is 6.54 Å². The number of hydrogen-bond donors (Lipinski definition) is 4. The first-order chi connectivity index (χ1) is 9.24. The number of H-pyrrole nitrogens is 1. The van der Waals surface area contributed by atoms with Crippen molar-refractivity contribution in [3.05, 3.63) is 46.1 Å². The fraction of sp³-hybridized carbons (Fsp3) is 0.167. The van der Waals surface area contributed by atoms with Gasteiger partial charge in [0.15, 0.2) is 0 Å². The highest BCUT2D eigenvalue weighted by molar-refractivity contribution is 5.83. The molecule has 2 aromatic rings. The molecular formula is C12H14N6O. The maximum absolute atomic E-state index is 11.7. The van der Waals surface area contributed by atoms with Crippen LogP contribution in [-0.4, -0.2) is 28.2 Å². The van der Waals surface area contributed by atoms with Gasteiger partial charge in [-0.15, -0.1) is 0 Å². The maximum atomic E-state index is 11.7. The van der Waals surface area contributed by atoms with E-state index in [-0.39, 0.29) is 11.2 Å². The van der Waals surface area contributed by atoms with E-state index >= 15 is 0 Å². The number of nitrogens with zero attached hydrogens (tertiary/aromatic N) is 2. The van der Waals surface area contributed by atoms with Crippen molar-refractivity contribution in [1.29, 1.82) is 5.41 Å². The summed E-state index contributed by atoms with van der Waals surface area (Å²) in [6.45, 7) is 0.493. The van der Waals surface area contributed by atoms with E-state index in [9.17, 15) is 4.79 Å². The molecule has 0 radical (unpaired) electrons. The molecule has 7 heteroatoms. The van der Waals surface area contributed by atoms with Gasteiger partial charge in [0.05, 0.1) is 0 Å². The topological polar surface area (TPSA) is 107 Å². The summed E-state index contributed by atoms with van der Waals surface area (Å²) in [5.41, 5.74) is 1.23. The average Bonchev–Trinajstić information content (AvgIpc) is 2.45. The molecule has 0 aromatic carbocycles. The molecule has 2 heterocycles. The van der Waals surface area contributed by atoms with Gasteiger partial charge in [0.2, 0.25) is 5.95 Å². The number of nitrogens with one attached hydrogen (secondary N) is 4. The molecule has 2 rings (SSSR count). The third-order valence-corrected chi connectivity index (χ3v) is 2.52. The largest absolute Gasteiger partial charge is 0.382 e. The van der Waals surface area contributed by atoms with Gasteiger partial charge in [0.25, 0.3) is 5.56 Å². The van der Waals surface area contributed by atoms with Gasteiger partial charge in [-0.2, -0.15) is 0 Å². The van der Waals surface area contributed by atoms with Gasteiger partial charge < -0.3 is 16.0 Å². The summed E-state index contributed by atoms with van der Waals surface area (Å²) in [5.74, 6) is 0.325. The van der Waals surface area contributed by atoms with Crippen LogP contribution in [0.5, 0.6) is 0 Å². The van der Waals surface area contributed by atoms with Crippen molar-refractivity contribution in [1.82, 2.24) is 15.0 Å². The fourth-order valence-corrected chi connectivity index (χ4v) is 1.61. The summed E-state index contributed by atoms with van der Waals surface area (Å²) in [6.07, 6.45) is 4.46. The number of anilines is 2. The minimum atomic E-state index is -0.315. The van der Waals surface area contributed by atoms with E-state index in [1.807, 2.05) is 12.1 Å². The van der Waals surface area contributed by atoms with Crippen molar-refractivity contribution >= 4 is 17.9 Å². The van der Waals surface area contributed by atoms with E-state index in [1.165, 1.54) is 0 Å². The monoisotopic (exact) mass is 258 g/mol. The van der Waals surface area contributed by atoms with E-state index < -0.39 is 0 Å². The van der Waals surface area contributed by atoms with Crippen LogP contribution in [0, 0.1) is 5.41 Å². The van der Waals surface area contributed by atoms with Crippen LogP contribution < -0.4 is 16.2 Å². The van der Waals surface area contributed by atoms with Crippen LogP contribution in [0.25, 0.3) is 0 Å². The Morgan fingerprint density at radius 1 is 1.53 bits per heavy atom. The Morgan fingerprint density at radius 2 is 2.37 bits per heavy atom. The van der Waals surface area contributed by atoms with Gasteiger partial charge in [-0.1, -0.05) is 6.07 Å². The van der Waals surface area contributed by atoms with Gasteiger partial charge in [0.1, 0.15) is 11.4 Å². The van der Waals surface area contributed by atoms with Crippen LogP contribution in [0.2, 0.25) is 0 Å². The summed E-state index contributed by atoms with van der Waals surface area (Å²) in [6, 6.07) is 3.75. The summed E-state index contributed by atoms with van der Waals surface area (Å²) >= 11 is 0. The zero-order chi connectivity index (χ0) is 13.7. The second kappa shape index (κ2) is 5.76. The Labute approximate surface area is 109 Å². The first-order valence-corrected chi connectivity index (χ1v) is 5.70. The van der Waals surface area contributed by atoms with Gasteiger partial charge in [-0.05, 0) is 11.6 Å². The normalized spacial score (nSPS) is 9.95. The number of rotatable bonds is 5. The van der Waals surface area contributed by atoms with E-state index in [0.29, 0.717) is 18.2 Å². The minimum Gasteiger partial charge on any atom is -0.382 e. The second-order valence-corrected chi connectivity index (χ2v) is 3.78. The molecular weight excluding hydrogens is 244 g/mol. The Balaban J connectivity index is 2.20. The molecule has 2 aromatic heterocycles. The quantitative estimate of drug-likeness (QED) is 0.594. The molecule has 0 aliphatic carbocycles. The molecule has 0 bridgehead atoms. The van der Waals surface area contributed by atoms with Gasteiger partial charge in [-0.3, -0.25) is 14.8 Å². The first kappa shape index (κ1) is 12.7. The molecule has 0 aliphatic rings. The Hall–Kier alpha value is -2.70. The molecule has 0 atom stereocenters. The molecule has 98 valence electrons. The SMILES string of the molecule is CNc1c(C=N)nc(NCc2cccnc2)[nH]c1=O. The van der Waals surface area contributed by atoms with Gasteiger partial charge in [-0.25, -0.2) is 4.98 Å². The van der Waals surface area contributed by atoms with Crippen LogP contribution in [0.1, 0.15) is 11.3 Å². The Morgan fingerprint density at radius 3 is 3.00 bits per heavy atom. The summed E-state index contributed by atoms with van der Waals surface area (Å²) in [5, 5.41) is 13.0. The molecule has 0 aliphatic heterocycles. The van der Waals surface area contributed by atoms with Crippen LogP contribution in [0.4, 0.5) is 11.6 Å². The van der Waals surface area contributed by atoms with Crippen molar-refractivity contribution in [2.45, 2.75) is 6.54 Å². The molecule has 19 heavy (non-hydrogen) atoms. The van der Waals surface area contributed by atoms with E-state index in [2.05, 4.69) is 25.6 Å². The van der Waals surface area contributed by atoms with Crippen LogP contribution in [0.15, 0.2) is 29.3 Å². The van der Waals surface area contributed by atoms with Crippen molar-refractivity contribution < 1.29 is 0 Å². The van der Waals surface area contributed by atoms with E-state index in [0.717, 1.165) is 11.8 Å². The molecule has 4 N–H and O–H groups in total. The lowest BCUT2D eigenvalue weighted by Crippen LogP contribution is -2.19. The zero-order valence-electron chi connectivity index (χ0n) is 10.4. The van der Waals surface area contributed by atoms with Crippen molar-refractivity contribution in [2.24, 2.45) is 0 Å². The molecule has 7 nitrogen and oxygen atoms in total. The number of aromatic nitrogens is 3. The predicted molar refractivity (Wildman–Crippen MR) is 73.9 cm³/mol. The number of aromatic amines is 1. The smallest absolute Gasteiger partial charge is 0.276 e. The lowest BCUT2D eigenvalue weighted by atomic mass is 10.3. The van der Waals surface area contributed by atoms with Gasteiger partial charge in [0, 0.05) is 32.2 Å². The summed E-state index contributed by atoms with van der Waals surface area (Å²) < 4.78 is 0. The maximum Gasteiger partial charge on any atom is 0.276 e. The summed E-state index contributed by atoms with van der Waals surface area (Å²) in [4.78, 5) is 22.5. The first-order valence-electron chi connectivity index (χ1n) is 5.70. The van der Waals surface area contributed by atoms with Crippen molar-refractivity contribution in [3.63, 3.8) is 0 Å². The second-order valence-electron chi connectivity index (χ2n) is 3.78. The number of pyridine rings is 1. The third-order valence-electron chi connectivity index (χ3n) is 2.52. The Bertz CT molecular complexity index is 622. The molecule has 0 spiro atoms. The molecule has 0 saturated heterocycles. The highest BCUT2D eigenvalue weighted by Crippen LogP contribution is 2.07. The minimum absolute atomic E-state index is 0.280. The lowest BCUT2D eigenvalue weighted by molar-refractivity contribution is 1.02.